The Kier molecular flexibility index (Phi) is 3.36. The fraction of sp³-hybridized carbons (Fsp3) is 0.455. The van der Waals surface area contributed by atoms with E-state index < -0.39 is 0 Å². The second-order valence-corrected chi connectivity index (χ2v) is 3.69. The molecule has 0 spiro atoms. The summed E-state index contributed by atoms with van der Waals surface area (Å²) in [5, 5.41) is 11.3. The molecule has 0 amide bonds. The first-order chi connectivity index (χ1) is 7.79. The molecule has 0 atom stereocenters. The van der Waals surface area contributed by atoms with Crippen molar-refractivity contribution >= 4 is 0 Å². The van der Waals surface area contributed by atoms with Gasteiger partial charge in [-0.1, -0.05) is 12.1 Å². The number of rotatable bonds is 5. The van der Waals surface area contributed by atoms with E-state index in [0.29, 0.717) is 6.54 Å². The molecule has 2 heterocycles. The molecule has 5 heteroatoms. The summed E-state index contributed by atoms with van der Waals surface area (Å²) in [5.41, 5.74) is 2.30. The van der Waals surface area contributed by atoms with Gasteiger partial charge in [-0.2, -0.15) is 5.10 Å². The first-order valence-electron chi connectivity index (χ1n) is 5.41. The van der Waals surface area contributed by atoms with Crippen molar-refractivity contribution < 1.29 is 4.52 Å². The molecule has 0 aromatic carbocycles. The highest BCUT2D eigenvalue weighted by Gasteiger charge is 2.03. The molecule has 2 aromatic heterocycles. The first kappa shape index (κ1) is 10.9. The summed E-state index contributed by atoms with van der Waals surface area (Å²) in [4.78, 5) is 0. The third-order valence-corrected chi connectivity index (χ3v) is 2.49. The first-order valence-corrected chi connectivity index (χ1v) is 5.41. The van der Waals surface area contributed by atoms with Crippen molar-refractivity contribution in [2.45, 2.75) is 26.4 Å². The normalized spacial score (nSPS) is 10.9. The quantitative estimate of drug-likeness (QED) is 0.824. The molecule has 2 rings (SSSR count). The summed E-state index contributed by atoms with van der Waals surface area (Å²) in [6, 6.07) is 3.97. The third kappa shape index (κ3) is 2.49. The monoisotopic (exact) mass is 220 g/mol. The van der Waals surface area contributed by atoms with Crippen LogP contribution in [0.3, 0.4) is 0 Å². The molecular weight excluding hydrogens is 204 g/mol. The summed E-state index contributed by atoms with van der Waals surface area (Å²) in [7, 11) is 1.96. The van der Waals surface area contributed by atoms with E-state index in [1.54, 1.807) is 6.20 Å². The predicted molar refractivity (Wildman–Crippen MR) is 59.6 cm³/mol. The highest BCUT2D eigenvalue weighted by atomic mass is 16.5. The van der Waals surface area contributed by atoms with Crippen LogP contribution in [-0.4, -0.2) is 14.9 Å². The zero-order valence-electron chi connectivity index (χ0n) is 9.60. The largest absolute Gasteiger partial charge is 0.360 e. The number of aromatic nitrogens is 3. The van der Waals surface area contributed by atoms with Crippen LogP contribution in [-0.2, 0) is 26.6 Å². The Bertz CT molecular complexity index is 433. The van der Waals surface area contributed by atoms with Gasteiger partial charge in [0.2, 0.25) is 0 Å². The Morgan fingerprint density at radius 3 is 2.94 bits per heavy atom. The highest BCUT2D eigenvalue weighted by molar-refractivity contribution is 5.10. The Labute approximate surface area is 94.4 Å². The van der Waals surface area contributed by atoms with Crippen molar-refractivity contribution in [3.63, 3.8) is 0 Å². The fourth-order valence-electron chi connectivity index (χ4n) is 1.56. The predicted octanol–water partition coefficient (Wildman–Crippen LogP) is 1.26. The minimum absolute atomic E-state index is 0.687. The average Bonchev–Trinajstić information content (AvgIpc) is 2.89. The topological polar surface area (TPSA) is 55.9 Å². The lowest BCUT2D eigenvalue weighted by Crippen LogP contribution is -2.14. The summed E-state index contributed by atoms with van der Waals surface area (Å²) in [5.74, 6) is 0.845. The number of aryl methyl sites for hydroxylation is 2. The summed E-state index contributed by atoms with van der Waals surface area (Å²) in [6.07, 6.45) is 2.62. The van der Waals surface area contributed by atoms with Gasteiger partial charge in [0.05, 0.1) is 24.1 Å². The van der Waals surface area contributed by atoms with Crippen LogP contribution < -0.4 is 5.32 Å². The molecule has 16 heavy (non-hydrogen) atoms. The Balaban J connectivity index is 1.87. The van der Waals surface area contributed by atoms with Crippen molar-refractivity contribution in [1.29, 1.82) is 0 Å². The van der Waals surface area contributed by atoms with Gasteiger partial charge < -0.3 is 9.84 Å². The Morgan fingerprint density at radius 2 is 2.31 bits per heavy atom. The average molecular weight is 220 g/mol. The van der Waals surface area contributed by atoms with Gasteiger partial charge in [0.15, 0.2) is 0 Å². The Morgan fingerprint density at radius 1 is 1.44 bits per heavy atom. The van der Waals surface area contributed by atoms with E-state index in [2.05, 4.69) is 28.6 Å². The lowest BCUT2D eigenvalue weighted by Gasteiger charge is -2.02. The molecule has 5 nitrogen and oxygen atoms in total. The zero-order chi connectivity index (χ0) is 11.4. The Hall–Kier alpha value is -1.62. The summed E-state index contributed by atoms with van der Waals surface area (Å²) >= 11 is 0. The van der Waals surface area contributed by atoms with E-state index in [0.717, 1.165) is 24.4 Å². The fourth-order valence-corrected chi connectivity index (χ4v) is 1.56. The maximum Gasteiger partial charge on any atom is 0.150 e. The summed E-state index contributed by atoms with van der Waals surface area (Å²) < 4.78 is 6.90. The minimum Gasteiger partial charge on any atom is -0.360 e. The number of hydrogen-bond acceptors (Lipinski definition) is 4. The van der Waals surface area contributed by atoms with E-state index in [1.165, 1.54) is 5.69 Å². The van der Waals surface area contributed by atoms with E-state index >= 15 is 0 Å². The highest BCUT2D eigenvalue weighted by Crippen LogP contribution is 2.04. The van der Waals surface area contributed by atoms with Crippen LogP contribution in [0.25, 0.3) is 0 Å². The summed E-state index contributed by atoms with van der Waals surface area (Å²) in [6.45, 7) is 3.57. The molecule has 0 saturated heterocycles. The van der Waals surface area contributed by atoms with Crippen LogP contribution in [0.4, 0.5) is 0 Å². The zero-order valence-corrected chi connectivity index (χ0v) is 9.60. The van der Waals surface area contributed by atoms with Gasteiger partial charge in [0.25, 0.3) is 0 Å². The van der Waals surface area contributed by atoms with E-state index in [-0.39, 0.29) is 0 Å². The third-order valence-electron chi connectivity index (χ3n) is 2.49. The van der Waals surface area contributed by atoms with Crippen molar-refractivity contribution in [1.82, 2.24) is 20.3 Å². The van der Waals surface area contributed by atoms with Crippen LogP contribution in [0.15, 0.2) is 22.9 Å². The SMILES string of the molecule is CCc1cc(CNCc2ccno2)n(C)n1. The van der Waals surface area contributed by atoms with Gasteiger partial charge in [-0.05, 0) is 12.5 Å². The van der Waals surface area contributed by atoms with Crippen molar-refractivity contribution in [2.75, 3.05) is 0 Å². The van der Waals surface area contributed by atoms with Crippen LogP contribution in [0.1, 0.15) is 24.1 Å². The van der Waals surface area contributed by atoms with Crippen LogP contribution in [0, 0.1) is 0 Å². The lowest BCUT2D eigenvalue weighted by atomic mass is 10.3. The van der Waals surface area contributed by atoms with Crippen molar-refractivity contribution in [3.05, 3.63) is 35.5 Å². The lowest BCUT2D eigenvalue weighted by molar-refractivity contribution is 0.372. The van der Waals surface area contributed by atoms with E-state index in [4.69, 9.17) is 4.52 Å². The molecule has 86 valence electrons. The van der Waals surface area contributed by atoms with Crippen LogP contribution in [0.5, 0.6) is 0 Å². The van der Waals surface area contributed by atoms with Crippen LogP contribution in [0.2, 0.25) is 0 Å². The maximum absolute atomic E-state index is 4.99. The molecule has 0 aliphatic rings. The molecule has 0 unspecified atom stereocenters. The van der Waals surface area contributed by atoms with Gasteiger partial charge in [0, 0.05) is 19.7 Å². The van der Waals surface area contributed by atoms with Crippen molar-refractivity contribution in [2.24, 2.45) is 7.05 Å². The molecule has 2 aromatic rings. The van der Waals surface area contributed by atoms with Gasteiger partial charge in [0.1, 0.15) is 5.76 Å². The molecule has 0 radical (unpaired) electrons. The van der Waals surface area contributed by atoms with Gasteiger partial charge in [-0.25, -0.2) is 0 Å². The number of nitrogens with one attached hydrogen (secondary N) is 1. The molecule has 0 aliphatic heterocycles. The molecule has 0 fully saturated rings. The van der Waals surface area contributed by atoms with Gasteiger partial charge in [-0.3, -0.25) is 4.68 Å². The second-order valence-electron chi connectivity index (χ2n) is 3.69. The second kappa shape index (κ2) is 4.94. The molecule has 0 bridgehead atoms. The van der Waals surface area contributed by atoms with E-state index in [9.17, 15) is 0 Å². The van der Waals surface area contributed by atoms with Gasteiger partial charge in [-0.15, -0.1) is 0 Å². The van der Waals surface area contributed by atoms with Crippen LogP contribution >= 0.6 is 0 Å². The van der Waals surface area contributed by atoms with E-state index in [1.807, 2.05) is 17.8 Å². The maximum atomic E-state index is 4.99. The van der Waals surface area contributed by atoms with Crippen molar-refractivity contribution in [3.8, 4) is 0 Å². The standard InChI is InChI=1S/C11H16N4O/c1-3-9-6-10(15(2)14-9)7-12-8-11-4-5-13-16-11/h4-6,12H,3,7-8H2,1-2H3. The molecule has 0 aliphatic carbocycles. The smallest absolute Gasteiger partial charge is 0.150 e. The number of nitrogens with zero attached hydrogens (tertiary/aromatic N) is 3. The molecular formula is C11H16N4O. The molecule has 1 N–H and O–H groups in total. The van der Waals surface area contributed by atoms with Gasteiger partial charge >= 0.3 is 0 Å². The molecule has 0 saturated carbocycles. The minimum atomic E-state index is 0.687. The number of hydrogen-bond donors (Lipinski definition) is 1.